The molecule has 8 heavy (non-hydrogen) atoms. The lowest BCUT2D eigenvalue weighted by molar-refractivity contribution is 0.543. The molecule has 0 bridgehead atoms. The molecule has 2 rings (SSSR count). The van der Waals surface area contributed by atoms with E-state index in [-0.39, 0.29) is 0 Å². The third kappa shape index (κ3) is 0.501. The molecule has 46 valence electrons. The molecule has 0 aromatic heterocycles. The second kappa shape index (κ2) is 1.45. The molecule has 0 radical (unpaired) electrons. The van der Waals surface area contributed by atoms with Crippen molar-refractivity contribution >= 4 is 0 Å². The number of piperidine rings is 1. The molecule has 0 aromatic carbocycles. The Morgan fingerprint density at radius 1 is 1.62 bits per heavy atom. The zero-order valence-corrected chi connectivity index (χ0v) is 4.93. The smallest absolute Gasteiger partial charge is 0.0221 e. The Morgan fingerprint density at radius 3 is 2.75 bits per heavy atom. The van der Waals surface area contributed by atoms with Gasteiger partial charge in [0.05, 0.1) is 0 Å². The van der Waals surface area contributed by atoms with Crippen molar-refractivity contribution in [3.8, 4) is 0 Å². The lowest BCUT2D eigenvalue weighted by Gasteiger charge is -2.07. The average molecular weight is 112 g/mol. The average Bonchev–Trinajstić information content (AvgIpc) is 2.46. The maximum Gasteiger partial charge on any atom is 0.0221 e. The third-order valence-corrected chi connectivity index (χ3v) is 2.39. The van der Waals surface area contributed by atoms with Crippen LogP contribution in [0.2, 0.25) is 0 Å². The molecule has 2 aliphatic rings. The highest BCUT2D eigenvalue weighted by atomic mass is 15.0. The van der Waals surface area contributed by atoms with Crippen molar-refractivity contribution < 1.29 is 0 Å². The van der Waals surface area contributed by atoms with Crippen LogP contribution in [-0.4, -0.2) is 19.1 Å². The zero-order chi connectivity index (χ0) is 5.56. The van der Waals surface area contributed by atoms with Gasteiger partial charge in [-0.25, -0.2) is 0 Å². The molecule has 1 aliphatic carbocycles. The van der Waals surface area contributed by atoms with Crippen LogP contribution < -0.4 is 11.1 Å². The van der Waals surface area contributed by atoms with Gasteiger partial charge in [-0.2, -0.15) is 0 Å². The summed E-state index contributed by atoms with van der Waals surface area (Å²) in [5.74, 6) is 1.96. The van der Waals surface area contributed by atoms with Gasteiger partial charge in [-0.05, 0) is 24.8 Å². The van der Waals surface area contributed by atoms with Crippen LogP contribution >= 0.6 is 0 Å². The molecule has 0 amide bonds. The first-order valence-electron chi connectivity index (χ1n) is 3.35. The van der Waals surface area contributed by atoms with Gasteiger partial charge in [-0.3, -0.25) is 0 Å². The van der Waals surface area contributed by atoms with Crippen LogP contribution in [0.3, 0.4) is 0 Å². The molecule has 2 heteroatoms. The molecule has 0 aromatic rings. The summed E-state index contributed by atoms with van der Waals surface area (Å²) in [5.41, 5.74) is 5.49. The summed E-state index contributed by atoms with van der Waals surface area (Å²) in [5, 5.41) is 3.38. The van der Waals surface area contributed by atoms with Gasteiger partial charge in [0, 0.05) is 12.6 Å². The first-order valence-corrected chi connectivity index (χ1v) is 3.35. The fraction of sp³-hybridized carbons (Fsp3) is 1.00. The van der Waals surface area contributed by atoms with Crippen molar-refractivity contribution in [2.24, 2.45) is 17.6 Å². The molecule has 3 atom stereocenters. The second-order valence-electron chi connectivity index (χ2n) is 2.91. The fourth-order valence-corrected chi connectivity index (χ4v) is 1.71. The SMILES string of the molecule is NC[C@@H]1NC[C@H]2C[C@@H]21. The Bertz CT molecular complexity index is 103. The lowest BCUT2D eigenvalue weighted by Crippen LogP contribution is -2.33. The van der Waals surface area contributed by atoms with Crippen molar-refractivity contribution in [2.45, 2.75) is 12.5 Å². The van der Waals surface area contributed by atoms with Crippen molar-refractivity contribution in [2.75, 3.05) is 13.1 Å². The van der Waals surface area contributed by atoms with E-state index in [9.17, 15) is 0 Å². The van der Waals surface area contributed by atoms with Gasteiger partial charge < -0.3 is 11.1 Å². The van der Waals surface area contributed by atoms with Gasteiger partial charge in [0.1, 0.15) is 0 Å². The number of nitrogens with one attached hydrogen (secondary N) is 1. The van der Waals surface area contributed by atoms with Crippen LogP contribution in [0, 0.1) is 11.8 Å². The highest BCUT2D eigenvalue weighted by Crippen LogP contribution is 2.44. The Kier molecular flexibility index (Phi) is 0.866. The van der Waals surface area contributed by atoms with Crippen LogP contribution in [0.1, 0.15) is 6.42 Å². The van der Waals surface area contributed by atoms with Gasteiger partial charge >= 0.3 is 0 Å². The van der Waals surface area contributed by atoms with Crippen LogP contribution in [0.5, 0.6) is 0 Å². The number of fused-ring (bicyclic) bond motifs is 1. The minimum atomic E-state index is 0.667. The fourth-order valence-electron chi connectivity index (χ4n) is 1.71. The number of hydrogen-bond acceptors (Lipinski definition) is 2. The van der Waals surface area contributed by atoms with Gasteiger partial charge in [-0.15, -0.1) is 0 Å². The summed E-state index contributed by atoms with van der Waals surface area (Å²) in [6.07, 6.45) is 1.44. The maximum atomic E-state index is 5.49. The molecule has 0 spiro atoms. The molecular weight excluding hydrogens is 100 g/mol. The van der Waals surface area contributed by atoms with E-state index in [2.05, 4.69) is 5.32 Å². The maximum absolute atomic E-state index is 5.49. The van der Waals surface area contributed by atoms with E-state index in [0.29, 0.717) is 6.04 Å². The highest BCUT2D eigenvalue weighted by molar-refractivity contribution is 5.02. The van der Waals surface area contributed by atoms with Gasteiger partial charge in [0.15, 0.2) is 0 Å². The summed E-state index contributed by atoms with van der Waals surface area (Å²) < 4.78 is 0. The lowest BCUT2D eigenvalue weighted by atomic mass is 10.2. The first kappa shape index (κ1) is 4.77. The summed E-state index contributed by atoms with van der Waals surface area (Å²) in [4.78, 5) is 0. The predicted molar refractivity (Wildman–Crippen MR) is 32.4 cm³/mol. The Hall–Kier alpha value is -0.0800. The van der Waals surface area contributed by atoms with E-state index < -0.39 is 0 Å². The minimum absolute atomic E-state index is 0.667. The number of nitrogens with two attached hydrogens (primary N) is 1. The van der Waals surface area contributed by atoms with Crippen LogP contribution in [0.15, 0.2) is 0 Å². The Balaban J connectivity index is 1.97. The summed E-state index contributed by atoms with van der Waals surface area (Å²) in [6, 6.07) is 0.667. The van der Waals surface area contributed by atoms with Crippen LogP contribution in [-0.2, 0) is 0 Å². The molecule has 3 N–H and O–H groups in total. The second-order valence-corrected chi connectivity index (χ2v) is 2.91. The standard InChI is InChI=1S/C6H12N2/c7-2-6-5-1-4(5)3-8-6/h4-6,8H,1-3,7H2/t4-,5+,6+/m1/s1. The molecule has 0 unspecified atom stereocenters. The molecular formula is C6H12N2. The quantitative estimate of drug-likeness (QED) is 0.482. The predicted octanol–water partition coefficient (Wildman–Crippen LogP) is -0.447. The molecule has 1 saturated carbocycles. The summed E-state index contributed by atoms with van der Waals surface area (Å²) in [6.45, 7) is 2.06. The molecule has 2 fully saturated rings. The van der Waals surface area contributed by atoms with Crippen molar-refractivity contribution in [1.82, 2.24) is 5.32 Å². The van der Waals surface area contributed by atoms with Crippen molar-refractivity contribution in [1.29, 1.82) is 0 Å². The molecule has 2 nitrogen and oxygen atoms in total. The summed E-state index contributed by atoms with van der Waals surface area (Å²) >= 11 is 0. The molecule has 1 saturated heterocycles. The molecule has 1 aliphatic heterocycles. The van der Waals surface area contributed by atoms with E-state index in [1.54, 1.807) is 0 Å². The first-order chi connectivity index (χ1) is 3.92. The minimum Gasteiger partial charge on any atom is -0.329 e. The monoisotopic (exact) mass is 112 g/mol. The molecule has 1 heterocycles. The highest BCUT2D eigenvalue weighted by Gasteiger charge is 2.46. The Labute approximate surface area is 49.4 Å². The van der Waals surface area contributed by atoms with Crippen molar-refractivity contribution in [3.05, 3.63) is 0 Å². The normalized spacial score (nSPS) is 51.4. The summed E-state index contributed by atoms with van der Waals surface area (Å²) in [7, 11) is 0. The van der Waals surface area contributed by atoms with E-state index in [1.807, 2.05) is 0 Å². The zero-order valence-electron chi connectivity index (χ0n) is 4.93. The number of hydrogen-bond donors (Lipinski definition) is 2. The van der Waals surface area contributed by atoms with E-state index >= 15 is 0 Å². The van der Waals surface area contributed by atoms with Gasteiger partial charge in [0.25, 0.3) is 0 Å². The third-order valence-electron chi connectivity index (χ3n) is 2.39. The van der Waals surface area contributed by atoms with Crippen LogP contribution in [0.4, 0.5) is 0 Å². The van der Waals surface area contributed by atoms with E-state index in [1.165, 1.54) is 13.0 Å². The van der Waals surface area contributed by atoms with Crippen molar-refractivity contribution in [3.63, 3.8) is 0 Å². The van der Waals surface area contributed by atoms with Crippen LogP contribution in [0.25, 0.3) is 0 Å². The van der Waals surface area contributed by atoms with E-state index in [4.69, 9.17) is 5.73 Å². The van der Waals surface area contributed by atoms with E-state index in [0.717, 1.165) is 18.4 Å². The van der Waals surface area contributed by atoms with Gasteiger partial charge in [-0.1, -0.05) is 0 Å². The topological polar surface area (TPSA) is 38.0 Å². The number of rotatable bonds is 1. The Morgan fingerprint density at radius 2 is 2.50 bits per heavy atom. The van der Waals surface area contributed by atoms with Gasteiger partial charge in [0.2, 0.25) is 0 Å². The largest absolute Gasteiger partial charge is 0.329 e.